The lowest BCUT2D eigenvalue weighted by molar-refractivity contribution is 0.0679. The first kappa shape index (κ1) is 17.8. The van der Waals surface area contributed by atoms with Gasteiger partial charge < -0.3 is 23.8 Å². The first-order valence-electron chi connectivity index (χ1n) is 9.22. The largest absolute Gasteiger partial charge is 0.487 e. The first-order valence-corrected chi connectivity index (χ1v) is 9.22. The smallest absolute Gasteiger partial charge is 0.230 e. The topological polar surface area (TPSA) is 65.4 Å². The molecule has 1 saturated heterocycles. The van der Waals surface area contributed by atoms with Gasteiger partial charge in [-0.1, -0.05) is 12.1 Å². The number of aromatic nitrogens is 1. The van der Waals surface area contributed by atoms with E-state index in [1.165, 1.54) is 0 Å². The highest BCUT2D eigenvalue weighted by Gasteiger charge is 2.22. The number of fused-ring (bicyclic) bond motifs is 2. The molecular formula is C20H23N3O4. The van der Waals surface area contributed by atoms with E-state index >= 15 is 0 Å². The van der Waals surface area contributed by atoms with E-state index in [0.29, 0.717) is 57.0 Å². The maximum atomic E-state index is 6.16. The number of pyridine rings is 1. The van der Waals surface area contributed by atoms with E-state index in [1.807, 2.05) is 36.4 Å². The normalized spacial score (nSPS) is 18.4. The lowest BCUT2D eigenvalue weighted by Crippen LogP contribution is -2.41. The summed E-state index contributed by atoms with van der Waals surface area (Å²) in [7, 11) is 0. The number of ether oxygens (including phenoxy) is 4. The average molecular weight is 369 g/mol. The maximum Gasteiger partial charge on any atom is 0.230 e. The molecule has 1 aromatic carbocycles. The van der Waals surface area contributed by atoms with E-state index in [-0.39, 0.29) is 0 Å². The van der Waals surface area contributed by atoms with Gasteiger partial charge in [-0.2, -0.15) is 0 Å². The van der Waals surface area contributed by atoms with Crippen LogP contribution >= 0.6 is 0 Å². The lowest BCUT2D eigenvalue weighted by atomic mass is 10.2. The molecule has 1 fully saturated rings. The third-order valence-corrected chi connectivity index (χ3v) is 4.36. The number of nitrogens with zero attached hydrogens (tertiary/aromatic N) is 3. The Morgan fingerprint density at radius 2 is 1.63 bits per heavy atom. The minimum Gasteiger partial charge on any atom is -0.487 e. The fraction of sp³-hybridized carbons (Fsp3) is 0.400. The Balaban J connectivity index is 1.73. The Bertz CT molecular complexity index is 790. The van der Waals surface area contributed by atoms with Crippen molar-refractivity contribution < 1.29 is 18.9 Å². The van der Waals surface area contributed by atoms with Gasteiger partial charge in [0.05, 0.1) is 38.5 Å². The molecule has 0 radical (unpaired) electrons. The van der Waals surface area contributed by atoms with Gasteiger partial charge in [0.15, 0.2) is 11.5 Å². The predicted molar refractivity (Wildman–Crippen MR) is 101 cm³/mol. The standard InChI is InChI=1S/C20H23N3O4/c1-2-6-18-17(5-1)26-15-14-24-11-8-21-19(23-9-12-25-13-10-23)16-4-3-7-22-20(16)27-18/h1-7H,8-15H2. The number of benzene rings is 1. The third kappa shape index (κ3) is 4.37. The summed E-state index contributed by atoms with van der Waals surface area (Å²) in [6, 6.07) is 11.5. The van der Waals surface area contributed by atoms with E-state index in [0.717, 1.165) is 24.5 Å². The van der Waals surface area contributed by atoms with Crippen LogP contribution in [0.3, 0.4) is 0 Å². The number of aliphatic imine (C=N–C) groups is 1. The molecule has 142 valence electrons. The molecule has 0 N–H and O–H groups in total. The van der Waals surface area contributed by atoms with Gasteiger partial charge in [-0.25, -0.2) is 4.98 Å². The van der Waals surface area contributed by atoms with Crippen molar-refractivity contribution in [2.24, 2.45) is 4.99 Å². The molecule has 1 aromatic heterocycles. The van der Waals surface area contributed by atoms with Crippen molar-refractivity contribution in [1.29, 1.82) is 0 Å². The van der Waals surface area contributed by atoms with Crippen LogP contribution < -0.4 is 9.47 Å². The molecule has 4 rings (SSSR count). The van der Waals surface area contributed by atoms with Crippen LogP contribution in [0.1, 0.15) is 5.56 Å². The van der Waals surface area contributed by atoms with Crippen LogP contribution in [0.25, 0.3) is 0 Å². The highest BCUT2D eigenvalue weighted by atomic mass is 16.5. The maximum absolute atomic E-state index is 6.16. The van der Waals surface area contributed by atoms with Crippen molar-refractivity contribution in [1.82, 2.24) is 9.88 Å². The molecule has 2 aromatic rings. The average Bonchev–Trinajstić information content (AvgIpc) is 2.74. The summed E-state index contributed by atoms with van der Waals surface area (Å²) in [6.07, 6.45) is 1.72. The number of hydrogen-bond acceptors (Lipinski definition) is 7. The molecule has 0 bridgehead atoms. The Hall–Kier alpha value is -2.64. The second-order valence-corrected chi connectivity index (χ2v) is 6.17. The van der Waals surface area contributed by atoms with Crippen LogP contribution in [0.4, 0.5) is 0 Å². The van der Waals surface area contributed by atoms with Crippen molar-refractivity contribution in [3.05, 3.63) is 48.2 Å². The number of morpholine rings is 1. The molecule has 2 aliphatic heterocycles. The SMILES string of the molecule is c1ccc2c(c1)OCCOCCN=C(N1CCOCC1)c1cccnc1O2. The van der Waals surface area contributed by atoms with Crippen LogP contribution in [0, 0.1) is 0 Å². The molecule has 0 unspecified atom stereocenters. The molecule has 3 heterocycles. The number of hydrogen-bond donors (Lipinski definition) is 0. The zero-order valence-electron chi connectivity index (χ0n) is 15.2. The minimum absolute atomic E-state index is 0.454. The van der Waals surface area contributed by atoms with Crippen LogP contribution in [-0.2, 0) is 9.47 Å². The molecule has 7 nitrogen and oxygen atoms in total. The van der Waals surface area contributed by atoms with Gasteiger partial charge in [0.1, 0.15) is 12.4 Å². The molecule has 0 saturated carbocycles. The zero-order valence-corrected chi connectivity index (χ0v) is 15.2. The highest BCUT2D eigenvalue weighted by Crippen LogP contribution is 2.32. The first-order chi connectivity index (χ1) is 13.4. The van der Waals surface area contributed by atoms with Crippen LogP contribution in [0.2, 0.25) is 0 Å². The fourth-order valence-corrected chi connectivity index (χ4v) is 3.06. The van der Waals surface area contributed by atoms with Gasteiger partial charge in [0.2, 0.25) is 5.88 Å². The van der Waals surface area contributed by atoms with Crippen LogP contribution in [0.15, 0.2) is 47.6 Å². The van der Waals surface area contributed by atoms with Gasteiger partial charge >= 0.3 is 0 Å². The van der Waals surface area contributed by atoms with Crippen molar-refractivity contribution in [3.8, 4) is 17.4 Å². The molecule has 27 heavy (non-hydrogen) atoms. The summed E-state index contributed by atoms with van der Waals surface area (Å²) < 4.78 is 23.1. The lowest BCUT2D eigenvalue weighted by Gasteiger charge is -2.30. The number of amidine groups is 1. The van der Waals surface area contributed by atoms with E-state index in [9.17, 15) is 0 Å². The van der Waals surface area contributed by atoms with Crippen molar-refractivity contribution in [2.75, 3.05) is 52.7 Å². The molecule has 0 amide bonds. The van der Waals surface area contributed by atoms with Crippen molar-refractivity contribution in [3.63, 3.8) is 0 Å². The van der Waals surface area contributed by atoms with Crippen molar-refractivity contribution in [2.45, 2.75) is 0 Å². The highest BCUT2D eigenvalue weighted by molar-refractivity contribution is 6.00. The number of para-hydroxylation sites is 2. The molecule has 7 heteroatoms. The summed E-state index contributed by atoms with van der Waals surface area (Å²) in [5, 5.41) is 0. The zero-order chi connectivity index (χ0) is 18.3. The Kier molecular flexibility index (Phi) is 5.81. The molecule has 0 atom stereocenters. The van der Waals surface area contributed by atoms with E-state index in [1.54, 1.807) is 6.20 Å². The van der Waals surface area contributed by atoms with Gasteiger partial charge in [-0.15, -0.1) is 0 Å². The van der Waals surface area contributed by atoms with Gasteiger partial charge in [-0.05, 0) is 24.3 Å². The Labute approximate surface area is 158 Å². The van der Waals surface area contributed by atoms with Gasteiger partial charge in [-0.3, -0.25) is 4.99 Å². The fourth-order valence-electron chi connectivity index (χ4n) is 3.06. The van der Waals surface area contributed by atoms with Crippen LogP contribution in [0.5, 0.6) is 17.4 Å². The monoisotopic (exact) mass is 369 g/mol. The predicted octanol–water partition coefficient (Wildman–Crippen LogP) is 2.36. The van der Waals surface area contributed by atoms with Gasteiger partial charge in [0, 0.05) is 19.3 Å². The summed E-state index contributed by atoms with van der Waals surface area (Å²) in [5.74, 6) is 2.67. The molecule has 2 aliphatic rings. The molecular weight excluding hydrogens is 346 g/mol. The third-order valence-electron chi connectivity index (χ3n) is 4.36. The summed E-state index contributed by atoms with van der Waals surface area (Å²) in [5.41, 5.74) is 0.855. The quantitative estimate of drug-likeness (QED) is 0.710. The minimum atomic E-state index is 0.454. The Morgan fingerprint density at radius 1 is 0.815 bits per heavy atom. The summed E-state index contributed by atoms with van der Waals surface area (Å²) in [4.78, 5) is 11.5. The molecule has 0 aliphatic carbocycles. The van der Waals surface area contributed by atoms with E-state index in [4.69, 9.17) is 23.9 Å². The van der Waals surface area contributed by atoms with E-state index < -0.39 is 0 Å². The molecule has 0 spiro atoms. The number of rotatable bonds is 0. The summed E-state index contributed by atoms with van der Waals surface area (Å²) >= 11 is 0. The second-order valence-electron chi connectivity index (χ2n) is 6.17. The van der Waals surface area contributed by atoms with E-state index in [2.05, 4.69) is 9.88 Å². The Morgan fingerprint density at radius 3 is 2.52 bits per heavy atom. The van der Waals surface area contributed by atoms with Crippen molar-refractivity contribution >= 4 is 5.84 Å². The van der Waals surface area contributed by atoms with Gasteiger partial charge in [0.25, 0.3) is 0 Å². The summed E-state index contributed by atoms with van der Waals surface area (Å²) in [6.45, 7) is 4.99. The van der Waals surface area contributed by atoms with Crippen LogP contribution in [-0.4, -0.2) is 68.4 Å². The second kappa shape index (κ2) is 8.83.